The molecule has 4 amide bonds. The number of aromatic hydroxyl groups is 1. The Balaban J connectivity index is 1.12. The maximum atomic E-state index is 14.8. The summed E-state index contributed by atoms with van der Waals surface area (Å²) >= 11 is 0. The number of esters is 3. The zero-order chi connectivity index (χ0) is 54.7. The number of aliphatic carboxylic acids is 1. The Morgan fingerprint density at radius 1 is 0.867 bits per heavy atom. The van der Waals surface area contributed by atoms with Crippen LogP contribution in [-0.4, -0.2) is 163 Å². The minimum absolute atomic E-state index is 0.0212. The number of aliphatic hydroxyl groups is 5. The Labute approximate surface area is 429 Å². The van der Waals surface area contributed by atoms with E-state index >= 15 is 0 Å². The highest BCUT2D eigenvalue weighted by Gasteiger charge is 2.74. The first-order chi connectivity index (χ1) is 35.4. The number of carbonyl (C=O) groups is 8. The van der Waals surface area contributed by atoms with Crippen molar-refractivity contribution in [2.45, 2.75) is 113 Å². The molecule has 402 valence electrons. The molecule has 3 aliphatic carbocycles. The van der Waals surface area contributed by atoms with Crippen molar-refractivity contribution < 1.29 is 93.0 Å². The van der Waals surface area contributed by atoms with Crippen LogP contribution in [0.1, 0.15) is 68.1 Å². The Morgan fingerprint density at radius 2 is 1.51 bits per heavy atom. The number of carboxylic acid groups (broad SMARTS) is 1. The standard InChI is InChI=1S/C52H60N4O19/c1-25-34(21-52(71)44(74-47(68)29-13-9-6-10-14-29)39-37(41(62)42(63)38(25)50(52,3)4)33(60)20-35-51(39,24-72-35)75-26(2)58)73-48(69)43(64)40(28-11-7-5-8-12-28)56-49(70)53-22-36(61)54-32(23-57)45(65)55-31(46(66)67)19-27-15-17-30(59)18-16-27/h5-18,31-35,37,39-40,42-44,57,59-60,63-64,71H,19-24H2,1-4H3,(H,54,61)(H,55,65)(H,66,67)(H2,53,56,70)/t31-,32-,33-,34-,35?,37?,39?,40-,42+,43+,44-,51-,52+/m0/s1. The van der Waals surface area contributed by atoms with Gasteiger partial charge in [-0.2, -0.15) is 0 Å². The van der Waals surface area contributed by atoms with Crippen molar-refractivity contribution >= 4 is 47.5 Å². The van der Waals surface area contributed by atoms with E-state index in [1.54, 1.807) is 24.3 Å². The molecule has 1 heterocycles. The van der Waals surface area contributed by atoms with Gasteiger partial charge >= 0.3 is 29.9 Å². The van der Waals surface area contributed by atoms with Crippen LogP contribution < -0.4 is 21.3 Å². The Bertz CT molecular complexity index is 2700. The molecular formula is C52H60N4O19. The van der Waals surface area contributed by atoms with Crippen LogP contribution in [0.4, 0.5) is 4.79 Å². The second-order valence-electron chi connectivity index (χ2n) is 19.7. The van der Waals surface area contributed by atoms with Gasteiger partial charge < -0.3 is 76.0 Å². The van der Waals surface area contributed by atoms with Gasteiger partial charge in [-0.05, 0) is 53.5 Å². The Kier molecular flexibility index (Phi) is 16.5. The lowest BCUT2D eigenvalue weighted by Gasteiger charge is -2.64. The average Bonchev–Trinajstić information content (AvgIpc) is 3.37. The third kappa shape index (κ3) is 11.1. The summed E-state index contributed by atoms with van der Waals surface area (Å²) < 4.78 is 23.9. The van der Waals surface area contributed by atoms with Crippen LogP contribution in [0.3, 0.4) is 0 Å². The molecule has 23 nitrogen and oxygen atoms in total. The largest absolute Gasteiger partial charge is 0.508 e. The van der Waals surface area contributed by atoms with E-state index in [4.69, 9.17) is 18.9 Å². The number of carbonyl (C=O) groups excluding carboxylic acids is 7. The Hall–Kier alpha value is -7.28. The van der Waals surface area contributed by atoms with Gasteiger partial charge in [0.25, 0.3) is 0 Å². The second kappa shape index (κ2) is 22.3. The summed E-state index contributed by atoms with van der Waals surface area (Å²) in [6.07, 6.45) is -11.5. The number of Topliss-reactive ketones (excluding diaryl/α,β-unsaturated/α-hetero) is 1. The molecule has 2 saturated carbocycles. The van der Waals surface area contributed by atoms with Crippen LogP contribution in [0.2, 0.25) is 0 Å². The monoisotopic (exact) mass is 1040 g/mol. The number of amides is 4. The molecule has 7 rings (SSSR count). The van der Waals surface area contributed by atoms with Crippen LogP contribution >= 0.6 is 0 Å². The number of phenolic OH excluding ortho intramolecular Hbond substituents is 1. The number of ether oxygens (including phenoxy) is 4. The van der Waals surface area contributed by atoms with Gasteiger partial charge in [-0.25, -0.2) is 19.2 Å². The fourth-order valence-electron chi connectivity index (χ4n) is 10.9. The summed E-state index contributed by atoms with van der Waals surface area (Å²) in [5.41, 5.74) is -5.44. The minimum atomic E-state index is -2.45. The second-order valence-corrected chi connectivity index (χ2v) is 19.7. The predicted octanol–water partition coefficient (Wildman–Crippen LogP) is -0.361. The van der Waals surface area contributed by atoms with E-state index in [-0.39, 0.29) is 47.5 Å². The van der Waals surface area contributed by atoms with Crippen LogP contribution in [0.5, 0.6) is 5.75 Å². The van der Waals surface area contributed by atoms with Crippen molar-refractivity contribution in [3.8, 4) is 5.75 Å². The molecule has 0 spiro atoms. The first-order valence-corrected chi connectivity index (χ1v) is 24.0. The number of phenols is 1. The number of carboxylic acids is 1. The number of hydrogen-bond acceptors (Lipinski definition) is 18. The topological polar surface area (TPSA) is 363 Å². The quantitative estimate of drug-likeness (QED) is 0.0467. The van der Waals surface area contributed by atoms with E-state index in [0.717, 1.165) is 6.92 Å². The number of rotatable bonds is 17. The van der Waals surface area contributed by atoms with Gasteiger partial charge in [0.15, 0.2) is 17.5 Å². The lowest BCUT2D eigenvalue weighted by molar-refractivity contribution is -0.332. The smallest absolute Gasteiger partial charge is 0.338 e. The van der Waals surface area contributed by atoms with Gasteiger partial charge in [0.2, 0.25) is 11.8 Å². The third-order valence-corrected chi connectivity index (χ3v) is 14.8. The molecule has 3 aromatic rings. The molecule has 1 aliphatic heterocycles. The highest BCUT2D eigenvalue weighted by atomic mass is 16.6. The van der Waals surface area contributed by atoms with E-state index in [2.05, 4.69) is 21.3 Å². The summed E-state index contributed by atoms with van der Waals surface area (Å²) in [4.78, 5) is 107. The van der Waals surface area contributed by atoms with Crippen LogP contribution in [-0.2, 0) is 54.1 Å². The average molecular weight is 1050 g/mol. The molecule has 0 aromatic heterocycles. The van der Waals surface area contributed by atoms with Gasteiger partial charge in [-0.15, -0.1) is 0 Å². The molecule has 23 heteroatoms. The van der Waals surface area contributed by atoms with E-state index in [9.17, 15) is 74.1 Å². The van der Waals surface area contributed by atoms with Crippen molar-refractivity contribution in [2.75, 3.05) is 19.8 Å². The minimum Gasteiger partial charge on any atom is -0.508 e. The van der Waals surface area contributed by atoms with Crippen LogP contribution in [0.15, 0.2) is 96.1 Å². The molecule has 2 bridgehead atoms. The first kappa shape index (κ1) is 55.5. The van der Waals surface area contributed by atoms with Crippen LogP contribution in [0, 0.1) is 17.3 Å². The van der Waals surface area contributed by atoms with Gasteiger partial charge in [-0.3, -0.25) is 19.2 Å². The molecule has 4 aliphatic rings. The fraction of sp³-hybridized carbons (Fsp3) is 0.462. The number of ketones is 1. The summed E-state index contributed by atoms with van der Waals surface area (Å²) in [5, 5.41) is 87.2. The van der Waals surface area contributed by atoms with Crippen molar-refractivity contribution in [3.63, 3.8) is 0 Å². The lowest BCUT2D eigenvalue weighted by Crippen LogP contribution is -2.79. The summed E-state index contributed by atoms with van der Waals surface area (Å²) in [6, 6.07) is 14.8. The maximum Gasteiger partial charge on any atom is 0.338 e. The number of aliphatic hydroxyl groups excluding tert-OH is 4. The molecule has 3 aromatic carbocycles. The van der Waals surface area contributed by atoms with E-state index in [1.165, 1.54) is 81.4 Å². The zero-order valence-electron chi connectivity index (χ0n) is 41.2. The molecule has 3 fully saturated rings. The van der Waals surface area contributed by atoms with E-state index in [0.29, 0.717) is 5.56 Å². The van der Waals surface area contributed by atoms with E-state index < -0.39 is 150 Å². The van der Waals surface area contributed by atoms with Crippen molar-refractivity contribution in [1.82, 2.24) is 21.3 Å². The summed E-state index contributed by atoms with van der Waals surface area (Å²) in [6.45, 7) is 3.32. The predicted molar refractivity (Wildman–Crippen MR) is 257 cm³/mol. The number of benzene rings is 3. The number of urea groups is 1. The van der Waals surface area contributed by atoms with Gasteiger partial charge in [-0.1, -0.05) is 74.5 Å². The SMILES string of the molecule is CC(=O)O[C@@]12COC1C[C@H](O)C1C(=O)[C@H](O)C3=C(C)[C@@H](OC(=O)[C@H](O)[C@@H](NC(=O)NCC(=O)N[C@@H](CO)C(=O)N[C@@H](Cc4ccc(O)cc4)C(=O)O)c4ccccc4)C[C@@](O)([C@@H](OC(=O)c4ccccc4)C12)C3(C)C. The number of nitrogens with one attached hydrogen (secondary N) is 4. The van der Waals surface area contributed by atoms with Gasteiger partial charge in [0, 0.05) is 31.6 Å². The highest BCUT2D eigenvalue weighted by Crippen LogP contribution is 2.61. The maximum absolute atomic E-state index is 14.8. The molecule has 3 unspecified atom stereocenters. The van der Waals surface area contributed by atoms with Crippen LogP contribution in [0.25, 0.3) is 0 Å². The fourth-order valence-corrected chi connectivity index (χ4v) is 10.9. The molecule has 1 saturated heterocycles. The Morgan fingerprint density at radius 3 is 2.09 bits per heavy atom. The lowest BCUT2D eigenvalue weighted by atomic mass is 9.49. The number of fused-ring (bicyclic) bond motifs is 5. The third-order valence-electron chi connectivity index (χ3n) is 14.8. The van der Waals surface area contributed by atoms with Crippen molar-refractivity contribution in [2.24, 2.45) is 17.3 Å². The molecule has 13 atom stereocenters. The molecule has 0 radical (unpaired) electrons. The van der Waals surface area contributed by atoms with Crippen molar-refractivity contribution in [1.29, 1.82) is 0 Å². The summed E-state index contributed by atoms with van der Waals surface area (Å²) in [5.74, 6) is -10.9. The normalized spacial score (nSPS) is 28.1. The highest BCUT2D eigenvalue weighted by molar-refractivity contribution is 5.93. The van der Waals surface area contributed by atoms with Gasteiger partial charge in [0.05, 0.1) is 49.3 Å². The summed E-state index contributed by atoms with van der Waals surface area (Å²) in [7, 11) is 0. The molecule has 11 N–H and O–H groups in total. The van der Waals surface area contributed by atoms with E-state index in [1.807, 2.05) is 0 Å². The zero-order valence-corrected chi connectivity index (χ0v) is 41.2. The molecular weight excluding hydrogens is 985 g/mol. The number of hydrogen-bond donors (Lipinski definition) is 11. The first-order valence-electron chi connectivity index (χ1n) is 24.0. The van der Waals surface area contributed by atoms with Gasteiger partial charge in [0.1, 0.15) is 47.9 Å². The van der Waals surface area contributed by atoms with Crippen molar-refractivity contribution in [3.05, 3.63) is 113 Å². The molecule has 75 heavy (non-hydrogen) atoms.